The largest absolute Gasteiger partial charge is 0.253 e. The lowest BCUT2D eigenvalue weighted by Gasteiger charge is -2.19. The van der Waals surface area contributed by atoms with E-state index < -0.39 is 0 Å². The molecular weight excluding hydrogens is 635 g/mol. The van der Waals surface area contributed by atoms with Gasteiger partial charge in [0.2, 0.25) is 0 Å². The summed E-state index contributed by atoms with van der Waals surface area (Å²) in [6.45, 7) is 0. The van der Waals surface area contributed by atoms with Crippen LogP contribution in [0.1, 0.15) is 0 Å². The van der Waals surface area contributed by atoms with Crippen LogP contribution in [0.15, 0.2) is 176 Å². The van der Waals surface area contributed by atoms with Crippen molar-refractivity contribution in [3.8, 4) is 56.7 Å². The number of pyridine rings is 2. The Morgan fingerprint density at radius 2 is 0.731 bits per heavy atom. The van der Waals surface area contributed by atoms with Gasteiger partial charge < -0.3 is 0 Å². The molecule has 0 saturated carbocycles. The number of aromatic nitrogens is 5. The van der Waals surface area contributed by atoms with Crippen molar-refractivity contribution in [2.24, 2.45) is 0 Å². The zero-order valence-corrected chi connectivity index (χ0v) is 28.0. The molecule has 0 atom stereocenters. The zero-order valence-electron chi connectivity index (χ0n) is 28.0. The maximum absolute atomic E-state index is 5.01. The van der Waals surface area contributed by atoms with Crippen LogP contribution in [0.5, 0.6) is 0 Å². The van der Waals surface area contributed by atoms with Crippen LogP contribution in [0.25, 0.3) is 99.8 Å². The van der Waals surface area contributed by atoms with Crippen LogP contribution >= 0.6 is 0 Å². The summed E-state index contributed by atoms with van der Waals surface area (Å²) in [7, 11) is 0. The van der Waals surface area contributed by atoms with Crippen LogP contribution in [0.4, 0.5) is 0 Å². The molecule has 10 aromatic rings. The second-order valence-corrected chi connectivity index (χ2v) is 12.9. The van der Waals surface area contributed by atoms with Gasteiger partial charge in [-0.2, -0.15) is 0 Å². The maximum Gasteiger partial charge on any atom is 0.182 e. The van der Waals surface area contributed by atoms with Crippen molar-refractivity contribution in [2.75, 3.05) is 0 Å². The Morgan fingerprint density at radius 3 is 1.27 bits per heavy atom. The van der Waals surface area contributed by atoms with Gasteiger partial charge in [0.25, 0.3) is 0 Å². The van der Waals surface area contributed by atoms with Crippen molar-refractivity contribution in [1.29, 1.82) is 0 Å². The summed E-state index contributed by atoms with van der Waals surface area (Å²) < 4.78 is 0. The Morgan fingerprint density at radius 1 is 0.288 bits per heavy atom. The molecule has 0 fully saturated rings. The first-order valence-electron chi connectivity index (χ1n) is 17.3. The van der Waals surface area contributed by atoms with Crippen molar-refractivity contribution in [3.63, 3.8) is 0 Å². The fraction of sp³-hybridized carbons (Fsp3) is 0. The highest BCUT2D eigenvalue weighted by atomic mass is 15.1. The first-order chi connectivity index (χ1) is 25.8. The van der Waals surface area contributed by atoms with Gasteiger partial charge in [0.1, 0.15) is 11.4 Å². The molecule has 0 aliphatic carbocycles. The van der Waals surface area contributed by atoms with E-state index in [-0.39, 0.29) is 0 Å². The van der Waals surface area contributed by atoms with Gasteiger partial charge in [-0.05, 0) is 108 Å². The summed E-state index contributed by atoms with van der Waals surface area (Å²) in [5.74, 6) is 1.55. The highest BCUT2D eigenvalue weighted by molar-refractivity contribution is 6.22. The van der Waals surface area contributed by atoms with Gasteiger partial charge in [-0.1, -0.05) is 121 Å². The predicted molar refractivity (Wildman–Crippen MR) is 213 cm³/mol. The van der Waals surface area contributed by atoms with E-state index in [0.717, 1.165) is 21.9 Å². The molecule has 0 aliphatic rings. The number of hydrogen-bond acceptors (Lipinski definition) is 5. The summed E-state index contributed by atoms with van der Waals surface area (Å²) in [5, 5.41) is 9.51. The fourth-order valence-corrected chi connectivity index (χ4v) is 7.35. The SMILES string of the molecule is c1ccc(-c2nc(-c3ccc4c(-c5ccc6ccccc6c5)c5ccccc5c(-c5ccc6ccccc6c5)c4c3)nc(-c3ccccn3)n2)nc1. The Labute approximate surface area is 300 Å². The van der Waals surface area contributed by atoms with Gasteiger partial charge in [0.15, 0.2) is 17.5 Å². The smallest absolute Gasteiger partial charge is 0.182 e. The second-order valence-electron chi connectivity index (χ2n) is 12.9. The first kappa shape index (κ1) is 29.8. The van der Waals surface area contributed by atoms with Crippen molar-refractivity contribution >= 4 is 43.1 Å². The molecule has 10 rings (SSSR count). The Hall–Kier alpha value is -7.11. The van der Waals surface area contributed by atoms with Crippen molar-refractivity contribution in [2.45, 2.75) is 0 Å². The van der Waals surface area contributed by atoms with Gasteiger partial charge in [-0.25, -0.2) is 15.0 Å². The van der Waals surface area contributed by atoms with Gasteiger partial charge in [-0.3, -0.25) is 9.97 Å². The molecule has 3 aromatic heterocycles. The van der Waals surface area contributed by atoms with Gasteiger partial charge in [0, 0.05) is 18.0 Å². The van der Waals surface area contributed by atoms with E-state index in [4.69, 9.17) is 15.0 Å². The van der Waals surface area contributed by atoms with Gasteiger partial charge in [0.05, 0.1) is 0 Å². The predicted octanol–water partition coefficient (Wildman–Crippen LogP) is 11.6. The lowest BCUT2D eigenvalue weighted by Crippen LogP contribution is -2.02. The molecule has 0 bridgehead atoms. The maximum atomic E-state index is 5.01. The third kappa shape index (κ3) is 5.15. The van der Waals surface area contributed by atoms with E-state index in [1.807, 2.05) is 36.4 Å². The Balaban J connectivity index is 1.29. The quantitative estimate of drug-likeness (QED) is 0.171. The van der Waals surface area contributed by atoms with Crippen LogP contribution in [-0.2, 0) is 0 Å². The highest BCUT2D eigenvalue weighted by Gasteiger charge is 2.20. The topological polar surface area (TPSA) is 64.5 Å². The summed E-state index contributed by atoms with van der Waals surface area (Å²) in [6.07, 6.45) is 3.51. The van der Waals surface area contributed by atoms with Crippen LogP contribution < -0.4 is 0 Å². The molecule has 0 unspecified atom stereocenters. The van der Waals surface area contributed by atoms with Crippen molar-refractivity contribution in [3.05, 3.63) is 176 Å². The molecule has 0 radical (unpaired) electrons. The molecule has 52 heavy (non-hydrogen) atoms. The summed E-state index contributed by atoms with van der Waals surface area (Å²) in [4.78, 5) is 24.0. The third-order valence-electron chi connectivity index (χ3n) is 9.78. The Bertz CT molecular complexity index is 2900. The molecule has 7 aromatic carbocycles. The van der Waals surface area contributed by atoms with Gasteiger partial charge in [-0.15, -0.1) is 0 Å². The fourth-order valence-electron chi connectivity index (χ4n) is 7.35. The van der Waals surface area contributed by atoms with E-state index in [1.54, 1.807) is 12.4 Å². The normalized spacial score (nSPS) is 11.5. The number of rotatable bonds is 5. The third-order valence-corrected chi connectivity index (χ3v) is 9.78. The minimum absolute atomic E-state index is 0.497. The average Bonchev–Trinajstić information content (AvgIpc) is 3.22. The molecule has 5 nitrogen and oxygen atoms in total. The van der Waals surface area contributed by atoms with E-state index in [0.29, 0.717) is 28.9 Å². The molecule has 242 valence electrons. The first-order valence-corrected chi connectivity index (χ1v) is 17.3. The molecule has 0 saturated heterocycles. The van der Waals surface area contributed by atoms with Crippen LogP contribution in [0, 0.1) is 0 Å². The Kier molecular flexibility index (Phi) is 7.07. The molecular formula is C47H29N5. The second kappa shape index (κ2) is 12.3. The van der Waals surface area contributed by atoms with E-state index >= 15 is 0 Å². The number of hydrogen-bond donors (Lipinski definition) is 0. The van der Waals surface area contributed by atoms with Gasteiger partial charge >= 0.3 is 0 Å². The van der Waals surface area contributed by atoms with E-state index in [1.165, 1.54) is 49.0 Å². The minimum atomic E-state index is 0.497. The summed E-state index contributed by atoms with van der Waals surface area (Å²) in [5.41, 5.74) is 6.93. The molecule has 0 aliphatic heterocycles. The molecule has 5 heteroatoms. The van der Waals surface area contributed by atoms with E-state index in [2.05, 4.69) is 137 Å². The molecule has 0 spiro atoms. The van der Waals surface area contributed by atoms with Crippen molar-refractivity contribution in [1.82, 2.24) is 24.9 Å². The number of fused-ring (bicyclic) bond motifs is 4. The monoisotopic (exact) mass is 663 g/mol. The number of benzene rings is 7. The van der Waals surface area contributed by atoms with Crippen LogP contribution in [0.3, 0.4) is 0 Å². The standard InChI is InChI=1S/C47H29N5/c1-3-13-32-27-34(21-19-30(32)11-1)43-37-15-5-6-16-38(37)44(35-22-20-31-12-2-4-14-33(31)28-35)40-29-36(23-24-39(40)43)45-50-46(41-17-7-9-25-48-41)52-47(51-45)42-18-8-10-26-49-42/h1-29H. The zero-order chi connectivity index (χ0) is 34.4. The average molecular weight is 664 g/mol. The summed E-state index contributed by atoms with van der Waals surface area (Å²) >= 11 is 0. The lowest BCUT2D eigenvalue weighted by molar-refractivity contribution is 1.05. The molecule has 0 N–H and O–H groups in total. The molecule has 0 amide bonds. The summed E-state index contributed by atoms with van der Waals surface area (Å²) in [6, 6.07) is 57.5. The van der Waals surface area contributed by atoms with Crippen molar-refractivity contribution < 1.29 is 0 Å². The highest BCUT2D eigenvalue weighted by Crippen LogP contribution is 2.45. The minimum Gasteiger partial charge on any atom is -0.253 e. The van der Waals surface area contributed by atoms with E-state index in [9.17, 15) is 0 Å². The van der Waals surface area contributed by atoms with Crippen LogP contribution in [-0.4, -0.2) is 24.9 Å². The number of nitrogens with zero attached hydrogens (tertiary/aromatic N) is 5. The molecule has 3 heterocycles. The lowest BCUT2D eigenvalue weighted by atomic mass is 9.84. The van der Waals surface area contributed by atoms with Crippen LogP contribution in [0.2, 0.25) is 0 Å².